The highest BCUT2D eigenvalue weighted by atomic mass is 32.2. The average molecular weight is 753 g/mol. The largest absolute Gasteiger partial charge is 0.481 e. The molecule has 4 aromatic rings. The number of halogens is 9. The zero-order valence-electron chi connectivity index (χ0n) is 27.8. The standard InChI is InChI=1S/C37H29F9N2O3S/c1-17-9-20(19(3)49)10-18(2)31(17)22-13-28(33(51-4)47-16-22)26-6-5-23(35(38,39)40)15-27(26)29-7-8-30-32(52-34(50)48(29)30)21-11-24(36(41,42)43)14-25(12-21)37(44,45)46/h5-6,9-16,29-30,32H,7-8H2,1-4H3/t29-,30-,32+/m0/s1. The second-order valence-corrected chi connectivity index (χ2v) is 13.9. The van der Waals surface area contributed by atoms with Crippen LogP contribution in [0, 0.1) is 13.8 Å². The Balaban J connectivity index is 1.48. The van der Waals surface area contributed by atoms with Crippen molar-refractivity contribution in [3.8, 4) is 28.1 Å². The molecular weight excluding hydrogens is 723 g/mol. The first-order valence-electron chi connectivity index (χ1n) is 15.9. The Kier molecular flexibility index (Phi) is 9.42. The number of Topliss-reactive ketones (excluding diaryl/α,β-unsaturated/α-hetero) is 1. The minimum Gasteiger partial charge on any atom is -0.481 e. The van der Waals surface area contributed by atoms with E-state index in [1.807, 2.05) is 0 Å². The van der Waals surface area contributed by atoms with E-state index < -0.39 is 57.8 Å². The van der Waals surface area contributed by atoms with Crippen LogP contribution in [0.4, 0.5) is 44.3 Å². The molecule has 0 N–H and O–H groups in total. The van der Waals surface area contributed by atoms with Crippen molar-refractivity contribution in [1.82, 2.24) is 9.88 Å². The monoisotopic (exact) mass is 752 g/mol. The van der Waals surface area contributed by atoms with Gasteiger partial charge in [0, 0.05) is 28.9 Å². The molecular formula is C37H29F9N2O3S. The van der Waals surface area contributed by atoms with Gasteiger partial charge in [-0.25, -0.2) is 4.98 Å². The predicted octanol–water partition coefficient (Wildman–Crippen LogP) is 11.4. The lowest BCUT2D eigenvalue weighted by atomic mass is 9.89. The van der Waals surface area contributed by atoms with Crippen LogP contribution in [-0.2, 0) is 18.5 Å². The van der Waals surface area contributed by atoms with Gasteiger partial charge in [-0.05, 0) is 116 Å². The molecule has 0 radical (unpaired) electrons. The second kappa shape index (κ2) is 13.2. The van der Waals surface area contributed by atoms with Crippen LogP contribution in [0.25, 0.3) is 22.3 Å². The molecule has 2 saturated heterocycles. The molecule has 0 aliphatic carbocycles. The van der Waals surface area contributed by atoms with Gasteiger partial charge in [0.05, 0.1) is 35.1 Å². The summed E-state index contributed by atoms with van der Waals surface area (Å²) in [5.74, 6) is -0.0834. The maximum atomic E-state index is 14.2. The van der Waals surface area contributed by atoms with E-state index in [1.165, 1.54) is 31.2 Å². The van der Waals surface area contributed by atoms with Gasteiger partial charge in [-0.15, -0.1) is 0 Å². The molecule has 5 nitrogen and oxygen atoms in total. The third-order valence-electron chi connectivity index (χ3n) is 9.46. The van der Waals surface area contributed by atoms with Crippen molar-refractivity contribution in [1.29, 1.82) is 0 Å². The van der Waals surface area contributed by atoms with Crippen LogP contribution < -0.4 is 4.74 Å². The summed E-state index contributed by atoms with van der Waals surface area (Å²) < 4.78 is 130. The fraction of sp³-hybridized carbons (Fsp3) is 0.324. The summed E-state index contributed by atoms with van der Waals surface area (Å²) in [4.78, 5) is 31.4. The third-order valence-corrected chi connectivity index (χ3v) is 10.7. The summed E-state index contributed by atoms with van der Waals surface area (Å²) in [6, 6.07) is 7.37. The van der Waals surface area contributed by atoms with Gasteiger partial charge in [0.1, 0.15) is 0 Å². The van der Waals surface area contributed by atoms with E-state index in [9.17, 15) is 49.1 Å². The molecule has 52 heavy (non-hydrogen) atoms. The van der Waals surface area contributed by atoms with Crippen molar-refractivity contribution in [3.63, 3.8) is 0 Å². The van der Waals surface area contributed by atoms with Crippen LogP contribution in [-0.4, -0.2) is 34.1 Å². The molecule has 2 aliphatic heterocycles. The van der Waals surface area contributed by atoms with Crippen molar-refractivity contribution in [3.05, 3.63) is 105 Å². The summed E-state index contributed by atoms with van der Waals surface area (Å²) in [6.07, 6.45) is -13.3. The summed E-state index contributed by atoms with van der Waals surface area (Å²) in [7, 11) is 1.33. The SMILES string of the molecule is COc1ncc(-c2c(C)cc(C(C)=O)cc2C)cc1-c1ccc(C(F)(F)F)cc1[C@@H]1CC[C@H]2[C@@H](c3cc(C(F)(F)F)cc(C(F)(F)F)c3)SC(=O)N12. The number of hydrogen-bond donors (Lipinski definition) is 0. The number of carbonyl (C=O) groups is 2. The molecule has 0 saturated carbocycles. The maximum absolute atomic E-state index is 14.2. The molecule has 3 aromatic carbocycles. The Morgan fingerprint density at radius 2 is 1.40 bits per heavy atom. The molecule has 2 aliphatic rings. The number of pyridine rings is 1. The molecule has 3 heterocycles. The van der Waals surface area contributed by atoms with Crippen LogP contribution in [0.2, 0.25) is 0 Å². The molecule has 0 unspecified atom stereocenters. The lowest BCUT2D eigenvalue weighted by Crippen LogP contribution is -2.31. The minimum atomic E-state index is -5.11. The molecule has 2 fully saturated rings. The summed E-state index contributed by atoms with van der Waals surface area (Å²) >= 11 is 0.542. The Bertz CT molecular complexity index is 2040. The molecule has 1 aromatic heterocycles. The lowest BCUT2D eigenvalue weighted by Gasteiger charge is -2.28. The fourth-order valence-corrected chi connectivity index (χ4v) is 8.51. The Morgan fingerprint density at radius 3 is 1.94 bits per heavy atom. The first-order chi connectivity index (χ1) is 24.2. The van der Waals surface area contributed by atoms with Crippen LogP contribution in [0.3, 0.4) is 0 Å². The molecule has 3 atom stereocenters. The highest BCUT2D eigenvalue weighted by Crippen LogP contribution is 2.56. The van der Waals surface area contributed by atoms with Gasteiger partial charge in [0.25, 0.3) is 5.24 Å². The van der Waals surface area contributed by atoms with Crippen LogP contribution in [0.1, 0.15) is 80.4 Å². The van der Waals surface area contributed by atoms with Gasteiger partial charge in [-0.1, -0.05) is 17.8 Å². The van der Waals surface area contributed by atoms with E-state index in [0.717, 1.165) is 28.8 Å². The summed E-state index contributed by atoms with van der Waals surface area (Å²) in [5.41, 5.74) is -0.600. The molecule has 6 rings (SSSR count). The number of amides is 1. The van der Waals surface area contributed by atoms with Gasteiger partial charge in [-0.2, -0.15) is 39.5 Å². The number of aromatic nitrogens is 1. The first-order valence-corrected chi connectivity index (χ1v) is 16.7. The Morgan fingerprint density at radius 1 is 0.808 bits per heavy atom. The second-order valence-electron chi connectivity index (χ2n) is 12.8. The van der Waals surface area contributed by atoms with Crippen molar-refractivity contribution >= 4 is 22.8 Å². The van der Waals surface area contributed by atoms with Crippen molar-refractivity contribution in [2.45, 2.75) is 69.5 Å². The quantitative estimate of drug-likeness (QED) is 0.145. The topological polar surface area (TPSA) is 59.5 Å². The zero-order valence-corrected chi connectivity index (χ0v) is 28.7. The number of rotatable bonds is 6. The number of methoxy groups -OCH3 is 1. The van der Waals surface area contributed by atoms with E-state index in [0.29, 0.717) is 35.0 Å². The smallest absolute Gasteiger partial charge is 0.416 e. The third kappa shape index (κ3) is 6.86. The number of hydrogen-bond acceptors (Lipinski definition) is 5. The number of fused-ring (bicyclic) bond motifs is 1. The number of benzene rings is 3. The van der Waals surface area contributed by atoms with E-state index in [2.05, 4.69) is 4.98 Å². The van der Waals surface area contributed by atoms with Gasteiger partial charge < -0.3 is 9.64 Å². The first kappa shape index (κ1) is 37.2. The van der Waals surface area contributed by atoms with Gasteiger partial charge in [0.15, 0.2) is 5.78 Å². The number of aryl methyl sites for hydroxylation is 2. The predicted molar refractivity (Wildman–Crippen MR) is 176 cm³/mol. The number of alkyl halides is 9. The highest BCUT2D eigenvalue weighted by molar-refractivity contribution is 8.14. The zero-order chi connectivity index (χ0) is 38.1. The highest BCUT2D eigenvalue weighted by Gasteiger charge is 2.51. The number of ether oxygens (including phenoxy) is 1. The van der Waals surface area contributed by atoms with E-state index in [4.69, 9.17) is 4.74 Å². The molecule has 1 amide bonds. The summed E-state index contributed by atoms with van der Waals surface area (Å²) in [6.45, 7) is 5.04. The van der Waals surface area contributed by atoms with Crippen LogP contribution >= 0.6 is 11.8 Å². The average Bonchev–Trinajstić information content (AvgIpc) is 3.63. The molecule has 0 bridgehead atoms. The van der Waals surface area contributed by atoms with Crippen molar-refractivity contribution in [2.75, 3.05) is 7.11 Å². The number of ketones is 1. The molecule has 15 heteroatoms. The number of thioether (sulfide) groups is 1. The Labute approximate surface area is 296 Å². The van der Waals surface area contributed by atoms with E-state index in [1.54, 1.807) is 32.0 Å². The fourth-order valence-electron chi connectivity index (χ4n) is 7.21. The lowest BCUT2D eigenvalue weighted by molar-refractivity contribution is -0.143. The number of nitrogens with zero attached hydrogens (tertiary/aromatic N) is 2. The maximum Gasteiger partial charge on any atom is 0.416 e. The number of carbonyl (C=O) groups excluding carboxylic acids is 2. The van der Waals surface area contributed by atoms with E-state index >= 15 is 0 Å². The van der Waals surface area contributed by atoms with Crippen LogP contribution in [0.5, 0.6) is 5.88 Å². The molecule has 0 spiro atoms. The van der Waals surface area contributed by atoms with Crippen LogP contribution in [0.15, 0.2) is 60.8 Å². The Hall–Kier alpha value is -4.53. The van der Waals surface area contributed by atoms with Gasteiger partial charge in [-0.3, -0.25) is 9.59 Å². The van der Waals surface area contributed by atoms with Crippen molar-refractivity contribution < 1.29 is 53.8 Å². The van der Waals surface area contributed by atoms with E-state index in [-0.39, 0.29) is 52.8 Å². The van der Waals surface area contributed by atoms with Gasteiger partial charge >= 0.3 is 18.5 Å². The normalized spacial score (nSPS) is 19.3. The summed E-state index contributed by atoms with van der Waals surface area (Å²) in [5, 5.41) is -1.85. The van der Waals surface area contributed by atoms with Crippen molar-refractivity contribution in [2.24, 2.45) is 0 Å². The minimum absolute atomic E-state index is 0.00524. The van der Waals surface area contributed by atoms with Gasteiger partial charge in [0.2, 0.25) is 5.88 Å². The molecule has 274 valence electrons.